The molecule has 0 spiro atoms. The molecule has 1 saturated heterocycles. The second kappa shape index (κ2) is 4.45. The molecule has 1 aliphatic heterocycles. The molecule has 1 fully saturated rings. The lowest BCUT2D eigenvalue weighted by Crippen LogP contribution is -2.36. The van der Waals surface area contributed by atoms with E-state index in [4.69, 9.17) is 5.73 Å². The number of hydrogen-bond donors (Lipinski definition) is 1. The summed E-state index contributed by atoms with van der Waals surface area (Å²) in [6.45, 7) is 5.76. The highest BCUT2D eigenvalue weighted by Gasteiger charge is 2.27. The van der Waals surface area contributed by atoms with Crippen LogP contribution in [-0.4, -0.2) is 33.3 Å². The van der Waals surface area contributed by atoms with E-state index in [1.807, 2.05) is 13.1 Å². The fourth-order valence-corrected chi connectivity index (χ4v) is 2.64. The molecular weight excluding hydrogens is 200 g/mol. The van der Waals surface area contributed by atoms with Crippen LogP contribution in [0.25, 0.3) is 0 Å². The maximum Gasteiger partial charge on any atom is 0.121 e. The summed E-state index contributed by atoms with van der Waals surface area (Å²) in [4.78, 5) is 2.57. The van der Waals surface area contributed by atoms with Crippen LogP contribution >= 0.6 is 0 Å². The van der Waals surface area contributed by atoms with E-state index in [0.717, 1.165) is 17.9 Å². The Hall–Kier alpha value is -1.03. The molecule has 0 aromatic carbocycles. The highest BCUT2D eigenvalue weighted by molar-refractivity contribution is 5.30. The first-order chi connectivity index (χ1) is 7.58. The molecule has 1 aromatic heterocycles. The van der Waals surface area contributed by atoms with E-state index in [1.54, 1.807) is 4.68 Å². The first kappa shape index (κ1) is 11.5. The van der Waals surface area contributed by atoms with Crippen molar-refractivity contribution in [2.45, 2.75) is 45.2 Å². The average molecular weight is 222 g/mol. The largest absolute Gasteiger partial charge is 0.384 e. The first-order valence-electron chi connectivity index (χ1n) is 6.12. The van der Waals surface area contributed by atoms with Gasteiger partial charge >= 0.3 is 0 Å². The fourth-order valence-electron chi connectivity index (χ4n) is 2.64. The topological polar surface area (TPSA) is 47.1 Å². The molecule has 0 bridgehead atoms. The molecule has 2 N–H and O–H groups in total. The van der Waals surface area contributed by atoms with Gasteiger partial charge in [-0.05, 0) is 33.2 Å². The van der Waals surface area contributed by atoms with Crippen molar-refractivity contribution in [2.24, 2.45) is 7.05 Å². The standard InChI is InChI=1S/C12H22N4/c1-9(2)16-6-4-5-11(16)7-10-8-12(13)15(3)14-10/h8-9,11H,4-7,13H2,1-3H3. The molecule has 4 heteroatoms. The van der Waals surface area contributed by atoms with Crippen LogP contribution < -0.4 is 5.73 Å². The summed E-state index contributed by atoms with van der Waals surface area (Å²) < 4.78 is 1.75. The number of hydrogen-bond acceptors (Lipinski definition) is 3. The van der Waals surface area contributed by atoms with Crippen LogP contribution in [0.1, 0.15) is 32.4 Å². The van der Waals surface area contributed by atoms with E-state index in [1.165, 1.54) is 19.4 Å². The van der Waals surface area contributed by atoms with E-state index >= 15 is 0 Å². The quantitative estimate of drug-likeness (QED) is 0.841. The summed E-state index contributed by atoms with van der Waals surface area (Å²) in [5.41, 5.74) is 6.92. The lowest BCUT2D eigenvalue weighted by Gasteiger charge is -2.27. The van der Waals surface area contributed by atoms with Gasteiger partial charge in [-0.2, -0.15) is 5.10 Å². The van der Waals surface area contributed by atoms with Crippen molar-refractivity contribution in [3.63, 3.8) is 0 Å². The van der Waals surface area contributed by atoms with E-state index in [0.29, 0.717) is 12.1 Å². The van der Waals surface area contributed by atoms with Crippen molar-refractivity contribution in [1.82, 2.24) is 14.7 Å². The van der Waals surface area contributed by atoms with E-state index in [9.17, 15) is 0 Å². The molecular formula is C12H22N4. The van der Waals surface area contributed by atoms with Gasteiger partial charge in [0, 0.05) is 31.6 Å². The van der Waals surface area contributed by atoms with Gasteiger partial charge in [-0.25, -0.2) is 0 Å². The summed E-state index contributed by atoms with van der Waals surface area (Å²) in [6, 6.07) is 3.28. The molecule has 4 nitrogen and oxygen atoms in total. The Kier molecular flexibility index (Phi) is 3.19. The molecule has 90 valence electrons. The Morgan fingerprint density at radius 3 is 2.88 bits per heavy atom. The third kappa shape index (κ3) is 2.21. The van der Waals surface area contributed by atoms with Crippen LogP contribution in [-0.2, 0) is 13.5 Å². The number of nitrogens with zero attached hydrogens (tertiary/aromatic N) is 3. The van der Waals surface area contributed by atoms with Crippen molar-refractivity contribution in [3.05, 3.63) is 11.8 Å². The van der Waals surface area contributed by atoms with Crippen molar-refractivity contribution in [1.29, 1.82) is 0 Å². The second-order valence-electron chi connectivity index (χ2n) is 5.02. The number of anilines is 1. The minimum absolute atomic E-state index is 0.633. The Morgan fingerprint density at radius 2 is 2.31 bits per heavy atom. The minimum Gasteiger partial charge on any atom is -0.384 e. The lowest BCUT2D eigenvalue weighted by molar-refractivity contribution is 0.202. The van der Waals surface area contributed by atoms with Crippen LogP contribution in [0.15, 0.2) is 6.07 Å². The number of likely N-dealkylation sites (tertiary alicyclic amines) is 1. The van der Waals surface area contributed by atoms with Gasteiger partial charge in [-0.15, -0.1) is 0 Å². The summed E-state index contributed by atoms with van der Waals surface area (Å²) in [6.07, 6.45) is 3.63. The molecule has 1 aromatic rings. The number of rotatable bonds is 3. The molecule has 0 amide bonds. The molecule has 0 radical (unpaired) electrons. The van der Waals surface area contributed by atoms with Crippen LogP contribution in [0.3, 0.4) is 0 Å². The molecule has 2 heterocycles. The van der Waals surface area contributed by atoms with Gasteiger partial charge in [0.15, 0.2) is 0 Å². The Morgan fingerprint density at radius 1 is 1.56 bits per heavy atom. The zero-order valence-corrected chi connectivity index (χ0v) is 10.5. The third-order valence-electron chi connectivity index (χ3n) is 3.50. The van der Waals surface area contributed by atoms with Crippen LogP contribution in [0, 0.1) is 0 Å². The van der Waals surface area contributed by atoms with Gasteiger partial charge in [0.05, 0.1) is 5.69 Å². The Balaban J connectivity index is 2.03. The predicted molar refractivity (Wildman–Crippen MR) is 66.2 cm³/mol. The van der Waals surface area contributed by atoms with Crippen LogP contribution in [0.4, 0.5) is 5.82 Å². The molecule has 16 heavy (non-hydrogen) atoms. The maximum atomic E-state index is 5.80. The summed E-state index contributed by atoms with van der Waals surface area (Å²) in [7, 11) is 1.90. The third-order valence-corrected chi connectivity index (χ3v) is 3.50. The highest BCUT2D eigenvalue weighted by atomic mass is 15.3. The lowest BCUT2D eigenvalue weighted by atomic mass is 10.1. The number of nitrogen functional groups attached to an aromatic ring is 1. The van der Waals surface area contributed by atoms with Crippen LogP contribution in [0.2, 0.25) is 0 Å². The molecule has 1 atom stereocenters. The van der Waals surface area contributed by atoms with Crippen molar-refractivity contribution in [3.8, 4) is 0 Å². The second-order valence-corrected chi connectivity index (χ2v) is 5.02. The van der Waals surface area contributed by atoms with Gasteiger partial charge in [-0.1, -0.05) is 0 Å². The predicted octanol–water partition coefficient (Wildman–Crippen LogP) is 1.42. The van der Waals surface area contributed by atoms with Gasteiger partial charge in [0.1, 0.15) is 5.82 Å². The smallest absolute Gasteiger partial charge is 0.121 e. The van der Waals surface area contributed by atoms with Crippen molar-refractivity contribution < 1.29 is 0 Å². The molecule has 2 rings (SSSR count). The van der Waals surface area contributed by atoms with E-state index in [2.05, 4.69) is 23.8 Å². The summed E-state index contributed by atoms with van der Waals surface area (Å²) in [5.74, 6) is 0.754. The molecule has 1 aliphatic rings. The Labute approximate surface area is 97.4 Å². The Bertz CT molecular complexity index is 336. The van der Waals surface area contributed by atoms with Gasteiger partial charge in [0.2, 0.25) is 0 Å². The number of nitrogens with two attached hydrogens (primary N) is 1. The van der Waals surface area contributed by atoms with Gasteiger partial charge < -0.3 is 5.73 Å². The zero-order chi connectivity index (χ0) is 11.7. The number of aryl methyl sites for hydroxylation is 1. The van der Waals surface area contributed by atoms with Gasteiger partial charge in [-0.3, -0.25) is 9.58 Å². The van der Waals surface area contributed by atoms with Crippen LogP contribution in [0.5, 0.6) is 0 Å². The molecule has 1 unspecified atom stereocenters. The fraction of sp³-hybridized carbons (Fsp3) is 0.750. The monoisotopic (exact) mass is 222 g/mol. The van der Waals surface area contributed by atoms with Crippen molar-refractivity contribution >= 4 is 5.82 Å². The van der Waals surface area contributed by atoms with E-state index < -0.39 is 0 Å². The SMILES string of the molecule is CC(C)N1CCCC1Cc1cc(N)n(C)n1. The first-order valence-corrected chi connectivity index (χ1v) is 6.12. The van der Waals surface area contributed by atoms with Gasteiger partial charge in [0.25, 0.3) is 0 Å². The number of aromatic nitrogens is 2. The van der Waals surface area contributed by atoms with Crippen molar-refractivity contribution in [2.75, 3.05) is 12.3 Å². The summed E-state index contributed by atoms with van der Waals surface area (Å²) >= 11 is 0. The highest BCUT2D eigenvalue weighted by Crippen LogP contribution is 2.23. The van der Waals surface area contributed by atoms with E-state index in [-0.39, 0.29) is 0 Å². The minimum atomic E-state index is 0.633. The summed E-state index contributed by atoms with van der Waals surface area (Å²) in [5, 5.41) is 4.43. The average Bonchev–Trinajstić information content (AvgIpc) is 2.75. The normalized spacial score (nSPS) is 22.1. The maximum absolute atomic E-state index is 5.80. The molecule has 0 saturated carbocycles. The zero-order valence-electron chi connectivity index (χ0n) is 10.5. The molecule has 0 aliphatic carbocycles.